The van der Waals surface area contributed by atoms with E-state index in [2.05, 4.69) is 38.5 Å². The van der Waals surface area contributed by atoms with Crippen LogP contribution in [-0.2, 0) is 0 Å². The number of carbonyl (C=O) groups excluding carboxylic acids is 1. The van der Waals surface area contributed by atoms with Gasteiger partial charge in [0.25, 0.3) is 0 Å². The van der Waals surface area contributed by atoms with Crippen LogP contribution in [-0.4, -0.2) is 5.78 Å². The first-order chi connectivity index (χ1) is 10.1. The number of halogens is 3. The van der Waals surface area contributed by atoms with Crippen LogP contribution in [0.15, 0.2) is 59.1 Å². The Kier molecular flexibility index (Phi) is 4.08. The fourth-order valence-electron chi connectivity index (χ4n) is 2.28. The number of benzene rings is 3. The third-order valence-electron chi connectivity index (χ3n) is 3.29. The molecule has 0 spiro atoms. The van der Waals surface area contributed by atoms with E-state index in [0.29, 0.717) is 21.9 Å². The lowest BCUT2D eigenvalue weighted by Crippen LogP contribution is -2.05. The van der Waals surface area contributed by atoms with Gasteiger partial charge in [-0.05, 0) is 58.3 Å². The van der Waals surface area contributed by atoms with E-state index in [4.69, 9.17) is 0 Å². The predicted octanol–water partition coefficient (Wildman–Crippen LogP) is 5.58. The molecule has 3 aromatic rings. The van der Waals surface area contributed by atoms with Crippen LogP contribution >= 0.6 is 38.5 Å². The molecule has 0 saturated carbocycles. The molecular formula is C17H9BrFIO. The molecule has 0 fully saturated rings. The minimum atomic E-state index is -0.314. The van der Waals surface area contributed by atoms with E-state index in [9.17, 15) is 9.18 Å². The average Bonchev–Trinajstić information content (AvgIpc) is 2.50. The van der Waals surface area contributed by atoms with Gasteiger partial charge >= 0.3 is 0 Å². The van der Waals surface area contributed by atoms with E-state index in [1.165, 1.54) is 6.07 Å². The SMILES string of the molecule is O=C(c1cc(Br)ccc1I)c1ccc(F)c2ccccc12. The van der Waals surface area contributed by atoms with Crippen LogP contribution in [0, 0.1) is 9.39 Å². The van der Waals surface area contributed by atoms with Crippen molar-refractivity contribution in [3.63, 3.8) is 0 Å². The molecule has 0 bridgehead atoms. The van der Waals surface area contributed by atoms with Crippen molar-refractivity contribution in [1.29, 1.82) is 0 Å². The van der Waals surface area contributed by atoms with Crippen molar-refractivity contribution in [1.82, 2.24) is 0 Å². The fourth-order valence-corrected chi connectivity index (χ4v) is 3.22. The molecule has 0 N–H and O–H groups in total. The van der Waals surface area contributed by atoms with E-state index in [1.807, 2.05) is 18.2 Å². The molecule has 0 aromatic heterocycles. The highest BCUT2D eigenvalue weighted by Gasteiger charge is 2.16. The number of carbonyl (C=O) groups is 1. The largest absolute Gasteiger partial charge is 0.289 e. The molecule has 1 nitrogen and oxygen atoms in total. The maximum absolute atomic E-state index is 13.9. The van der Waals surface area contributed by atoms with Crippen molar-refractivity contribution < 1.29 is 9.18 Å². The van der Waals surface area contributed by atoms with E-state index >= 15 is 0 Å². The molecule has 21 heavy (non-hydrogen) atoms. The van der Waals surface area contributed by atoms with E-state index < -0.39 is 0 Å². The third kappa shape index (κ3) is 2.74. The van der Waals surface area contributed by atoms with Gasteiger partial charge in [-0.3, -0.25) is 4.79 Å². The Morgan fingerprint density at radius 2 is 1.67 bits per heavy atom. The van der Waals surface area contributed by atoms with Crippen molar-refractivity contribution in [3.8, 4) is 0 Å². The molecule has 0 aliphatic rings. The van der Waals surface area contributed by atoms with Crippen LogP contribution in [0.25, 0.3) is 10.8 Å². The normalized spacial score (nSPS) is 10.8. The Balaban J connectivity index is 2.23. The summed E-state index contributed by atoms with van der Waals surface area (Å²) in [6.45, 7) is 0. The van der Waals surface area contributed by atoms with E-state index in [0.717, 1.165) is 8.04 Å². The van der Waals surface area contributed by atoms with Crippen molar-refractivity contribution in [2.75, 3.05) is 0 Å². The Labute approximate surface area is 143 Å². The highest BCUT2D eigenvalue weighted by molar-refractivity contribution is 14.1. The maximum atomic E-state index is 13.9. The first-order valence-corrected chi connectivity index (χ1v) is 8.12. The molecular weight excluding hydrogens is 446 g/mol. The van der Waals surface area contributed by atoms with Gasteiger partial charge in [-0.25, -0.2) is 4.39 Å². The summed E-state index contributed by atoms with van der Waals surface area (Å²) in [5, 5.41) is 1.10. The van der Waals surface area contributed by atoms with Crippen molar-refractivity contribution in [2.45, 2.75) is 0 Å². The van der Waals surface area contributed by atoms with Crippen LogP contribution in [0.2, 0.25) is 0 Å². The van der Waals surface area contributed by atoms with Crippen LogP contribution in [0.4, 0.5) is 4.39 Å². The van der Waals surface area contributed by atoms with E-state index in [1.54, 1.807) is 30.3 Å². The van der Waals surface area contributed by atoms with Gasteiger partial charge < -0.3 is 0 Å². The van der Waals surface area contributed by atoms with Gasteiger partial charge in [0, 0.05) is 24.6 Å². The molecule has 3 rings (SSSR count). The summed E-state index contributed by atoms with van der Waals surface area (Å²) in [7, 11) is 0. The van der Waals surface area contributed by atoms with Crippen molar-refractivity contribution in [3.05, 3.63) is 79.6 Å². The van der Waals surface area contributed by atoms with Gasteiger partial charge in [-0.2, -0.15) is 0 Å². The predicted molar refractivity (Wildman–Crippen MR) is 94.2 cm³/mol. The minimum Gasteiger partial charge on any atom is -0.289 e. The summed E-state index contributed by atoms with van der Waals surface area (Å²) in [5.74, 6) is -0.414. The monoisotopic (exact) mass is 454 g/mol. The highest BCUT2D eigenvalue weighted by atomic mass is 127. The molecule has 104 valence electrons. The van der Waals surface area contributed by atoms with Crippen LogP contribution in [0.3, 0.4) is 0 Å². The lowest BCUT2D eigenvalue weighted by molar-refractivity contribution is 0.103. The Bertz CT molecular complexity index is 861. The molecule has 0 amide bonds. The van der Waals surface area contributed by atoms with Gasteiger partial charge in [0.1, 0.15) is 5.82 Å². The fraction of sp³-hybridized carbons (Fsp3) is 0. The number of ketones is 1. The second-order valence-electron chi connectivity index (χ2n) is 4.59. The summed E-state index contributed by atoms with van der Waals surface area (Å²) in [6, 6.07) is 15.5. The first kappa shape index (κ1) is 14.7. The number of hydrogen-bond donors (Lipinski definition) is 0. The first-order valence-electron chi connectivity index (χ1n) is 6.25. The summed E-state index contributed by atoms with van der Waals surface area (Å²) >= 11 is 5.52. The zero-order valence-corrected chi connectivity index (χ0v) is 14.5. The average molecular weight is 455 g/mol. The van der Waals surface area contributed by atoms with Gasteiger partial charge in [0.05, 0.1) is 0 Å². The highest BCUT2D eigenvalue weighted by Crippen LogP contribution is 2.27. The minimum absolute atomic E-state index is 0.100. The number of rotatable bonds is 2. The number of fused-ring (bicyclic) bond motifs is 1. The van der Waals surface area contributed by atoms with Gasteiger partial charge in [0.2, 0.25) is 0 Å². The Hall–Kier alpha value is -1.27. The molecule has 0 heterocycles. The summed E-state index contributed by atoms with van der Waals surface area (Å²) in [5.41, 5.74) is 1.13. The standard InChI is InChI=1S/C17H9BrFIO/c18-10-5-8-16(20)14(9-10)17(21)13-6-7-15(19)12-4-2-1-3-11(12)13/h1-9H. The molecule has 0 saturated heterocycles. The Morgan fingerprint density at radius 3 is 2.43 bits per heavy atom. The molecule has 0 radical (unpaired) electrons. The topological polar surface area (TPSA) is 17.1 Å². The number of hydrogen-bond acceptors (Lipinski definition) is 1. The van der Waals surface area contributed by atoms with Crippen LogP contribution in [0.1, 0.15) is 15.9 Å². The zero-order chi connectivity index (χ0) is 15.0. The van der Waals surface area contributed by atoms with Gasteiger partial charge in [0.15, 0.2) is 5.78 Å². The molecule has 0 unspecified atom stereocenters. The summed E-state index contributed by atoms with van der Waals surface area (Å²) in [6.07, 6.45) is 0. The van der Waals surface area contributed by atoms with E-state index in [-0.39, 0.29) is 11.6 Å². The summed E-state index contributed by atoms with van der Waals surface area (Å²) in [4.78, 5) is 12.8. The van der Waals surface area contributed by atoms with Gasteiger partial charge in [-0.15, -0.1) is 0 Å². The molecule has 0 atom stereocenters. The quantitative estimate of drug-likeness (QED) is 0.365. The second-order valence-corrected chi connectivity index (χ2v) is 6.67. The smallest absolute Gasteiger partial charge is 0.194 e. The Morgan fingerprint density at radius 1 is 0.952 bits per heavy atom. The lowest BCUT2D eigenvalue weighted by Gasteiger charge is -2.08. The van der Waals surface area contributed by atoms with Gasteiger partial charge in [-0.1, -0.05) is 40.2 Å². The van der Waals surface area contributed by atoms with Crippen molar-refractivity contribution >= 4 is 55.1 Å². The summed E-state index contributed by atoms with van der Waals surface area (Å²) < 4.78 is 15.6. The molecule has 0 aliphatic carbocycles. The molecule has 3 aromatic carbocycles. The zero-order valence-electron chi connectivity index (χ0n) is 10.7. The maximum Gasteiger partial charge on any atom is 0.194 e. The third-order valence-corrected chi connectivity index (χ3v) is 4.72. The lowest BCUT2D eigenvalue weighted by atomic mass is 9.97. The van der Waals surface area contributed by atoms with Crippen LogP contribution < -0.4 is 0 Å². The van der Waals surface area contributed by atoms with Crippen LogP contribution in [0.5, 0.6) is 0 Å². The second kappa shape index (κ2) is 5.85. The molecule has 0 aliphatic heterocycles. The van der Waals surface area contributed by atoms with Crippen molar-refractivity contribution in [2.24, 2.45) is 0 Å². The molecule has 4 heteroatoms.